The molecule has 30 heavy (non-hydrogen) atoms. The van der Waals surface area contributed by atoms with Crippen LogP contribution in [0.25, 0.3) is 0 Å². The second-order valence-electron chi connectivity index (χ2n) is 7.62. The number of nitrogens with one attached hydrogen (secondary N) is 1. The van der Waals surface area contributed by atoms with Gasteiger partial charge in [-0.1, -0.05) is 36.4 Å². The molecule has 4 rings (SSSR count). The molecule has 0 bridgehead atoms. The third-order valence-corrected chi connectivity index (χ3v) is 5.73. The number of hydrogen-bond donors (Lipinski definition) is 3. The van der Waals surface area contributed by atoms with Gasteiger partial charge in [0.15, 0.2) is 0 Å². The second-order valence-corrected chi connectivity index (χ2v) is 7.62. The first-order valence-corrected chi connectivity index (χ1v) is 9.87. The summed E-state index contributed by atoms with van der Waals surface area (Å²) in [5.74, 6) is -0.622. The third kappa shape index (κ3) is 4.01. The van der Waals surface area contributed by atoms with Crippen LogP contribution in [0.4, 0.5) is 9.18 Å². The molecule has 158 valence electrons. The zero-order valence-electron chi connectivity index (χ0n) is 16.2. The minimum atomic E-state index is -1.25. The maximum absolute atomic E-state index is 13.5. The second kappa shape index (κ2) is 8.41. The molecule has 2 aromatic rings. The number of hydrogen-bond acceptors (Lipinski definition) is 4. The van der Waals surface area contributed by atoms with Crippen molar-refractivity contribution in [3.05, 3.63) is 71.0 Å². The van der Waals surface area contributed by atoms with Gasteiger partial charge in [0.1, 0.15) is 11.9 Å². The smallest absolute Gasteiger partial charge is 0.405 e. The Bertz CT molecular complexity index is 935. The van der Waals surface area contributed by atoms with Crippen LogP contribution in [-0.4, -0.2) is 58.5 Å². The van der Waals surface area contributed by atoms with Crippen LogP contribution in [0.2, 0.25) is 0 Å². The van der Waals surface area contributed by atoms with E-state index < -0.39 is 30.4 Å². The number of amides is 2. The zero-order valence-corrected chi connectivity index (χ0v) is 16.2. The molecule has 8 heteroatoms. The Hall–Kier alpha value is -2.97. The zero-order chi connectivity index (χ0) is 21.3. The molecule has 0 aromatic heterocycles. The molecule has 1 fully saturated rings. The minimum absolute atomic E-state index is 0.00192. The van der Waals surface area contributed by atoms with Gasteiger partial charge in [-0.15, -0.1) is 0 Å². The van der Waals surface area contributed by atoms with Gasteiger partial charge < -0.3 is 25.2 Å². The van der Waals surface area contributed by atoms with Gasteiger partial charge in [-0.05, 0) is 35.2 Å². The summed E-state index contributed by atoms with van der Waals surface area (Å²) in [6.45, 7) is 0.375. The lowest BCUT2D eigenvalue weighted by molar-refractivity contribution is -0.155. The van der Waals surface area contributed by atoms with Crippen LogP contribution in [0.5, 0.6) is 0 Å². The number of carbonyl (C=O) groups is 2. The highest BCUT2D eigenvalue weighted by Gasteiger charge is 2.40. The number of rotatable bonds is 3. The third-order valence-electron chi connectivity index (χ3n) is 5.73. The van der Waals surface area contributed by atoms with Gasteiger partial charge in [0.2, 0.25) is 0 Å². The number of nitrogens with zero attached hydrogens (tertiary/aromatic N) is 1. The van der Waals surface area contributed by atoms with Crippen molar-refractivity contribution in [1.82, 2.24) is 10.2 Å². The van der Waals surface area contributed by atoms with Crippen molar-refractivity contribution in [3.63, 3.8) is 0 Å². The quantitative estimate of drug-likeness (QED) is 0.714. The van der Waals surface area contributed by atoms with Crippen LogP contribution in [0.3, 0.4) is 0 Å². The number of aliphatic hydroxyl groups excluding tert-OH is 1. The molecular formula is C22H23FN2O5. The normalized spacial score (nSPS) is 26.0. The predicted octanol–water partition coefficient (Wildman–Crippen LogP) is 2.09. The Labute approximate surface area is 173 Å². The van der Waals surface area contributed by atoms with Crippen molar-refractivity contribution in [3.8, 4) is 0 Å². The molecular weight excluding hydrogens is 391 g/mol. The maximum Gasteiger partial charge on any atom is 0.405 e. The van der Waals surface area contributed by atoms with Crippen LogP contribution < -0.4 is 5.32 Å². The van der Waals surface area contributed by atoms with Gasteiger partial charge >= 0.3 is 6.09 Å². The number of carbonyl (C=O) groups excluding carboxylic acids is 1. The van der Waals surface area contributed by atoms with Gasteiger partial charge in [0.05, 0.1) is 24.8 Å². The van der Waals surface area contributed by atoms with Gasteiger partial charge in [-0.25, -0.2) is 9.18 Å². The molecule has 2 heterocycles. The van der Waals surface area contributed by atoms with Crippen LogP contribution in [0, 0.1) is 5.82 Å². The number of ether oxygens (including phenoxy) is 1. The first kappa shape index (κ1) is 20.3. The van der Waals surface area contributed by atoms with Crippen LogP contribution in [0.15, 0.2) is 48.5 Å². The van der Waals surface area contributed by atoms with Crippen molar-refractivity contribution in [2.45, 2.75) is 37.1 Å². The molecule has 0 aliphatic carbocycles. The average molecular weight is 414 g/mol. The summed E-state index contributed by atoms with van der Waals surface area (Å²) in [5.41, 5.74) is 2.90. The number of carboxylic acid groups (broad SMARTS) is 1. The van der Waals surface area contributed by atoms with Gasteiger partial charge in [0.25, 0.3) is 5.91 Å². The summed E-state index contributed by atoms with van der Waals surface area (Å²) in [7, 11) is 0. The fraction of sp³-hybridized carbons (Fsp3) is 0.364. The first-order valence-electron chi connectivity index (χ1n) is 9.87. The molecule has 4 atom stereocenters. The van der Waals surface area contributed by atoms with Crippen molar-refractivity contribution >= 4 is 12.0 Å². The van der Waals surface area contributed by atoms with E-state index in [0.29, 0.717) is 13.0 Å². The van der Waals surface area contributed by atoms with Crippen LogP contribution in [0.1, 0.15) is 29.2 Å². The summed E-state index contributed by atoms with van der Waals surface area (Å²) < 4.78 is 19.1. The highest BCUT2D eigenvalue weighted by molar-refractivity contribution is 5.82. The van der Waals surface area contributed by atoms with Gasteiger partial charge in [-0.2, -0.15) is 0 Å². The van der Waals surface area contributed by atoms with Crippen molar-refractivity contribution in [2.24, 2.45) is 0 Å². The van der Waals surface area contributed by atoms with E-state index in [4.69, 9.17) is 9.84 Å². The van der Waals surface area contributed by atoms with E-state index in [1.54, 1.807) is 17.0 Å². The highest BCUT2D eigenvalue weighted by Crippen LogP contribution is 2.36. The Morgan fingerprint density at radius 2 is 1.87 bits per heavy atom. The van der Waals surface area contributed by atoms with Crippen LogP contribution in [-0.2, 0) is 16.0 Å². The standard InChI is InChI=1S/C22H23FN2O5/c23-15-7-5-14(6-8-15)20-16-4-2-1-3-13(16)9-10-25(20)21(27)19-11-18(26)17(12-30-19)24-22(28)29/h1-8,17-20,24,26H,9-12H2,(H,28,29)/t17-,18-,19-,20+/m1/s1. The molecule has 2 aromatic carbocycles. The molecule has 7 nitrogen and oxygen atoms in total. The number of fused-ring (bicyclic) bond motifs is 1. The number of halogens is 1. The van der Waals surface area contributed by atoms with E-state index in [-0.39, 0.29) is 24.8 Å². The lowest BCUT2D eigenvalue weighted by atomic mass is 9.87. The van der Waals surface area contributed by atoms with Crippen molar-refractivity contribution in [1.29, 1.82) is 0 Å². The topological polar surface area (TPSA) is 99.1 Å². The van der Waals surface area contributed by atoms with Gasteiger partial charge in [0, 0.05) is 13.0 Å². The Morgan fingerprint density at radius 3 is 2.57 bits per heavy atom. The molecule has 0 unspecified atom stereocenters. The lowest BCUT2D eigenvalue weighted by Gasteiger charge is -2.41. The minimum Gasteiger partial charge on any atom is -0.465 e. The lowest BCUT2D eigenvalue weighted by Crippen LogP contribution is -2.55. The molecule has 2 aliphatic heterocycles. The SMILES string of the molecule is O=C(O)N[C@@H]1CO[C@@H](C(=O)N2CCc3ccccc3[C@@H]2c2ccc(F)cc2)C[C@H]1O. The Kier molecular flexibility index (Phi) is 5.69. The molecule has 2 amide bonds. The number of benzene rings is 2. The molecule has 0 saturated carbocycles. The average Bonchev–Trinajstić information content (AvgIpc) is 2.74. The Morgan fingerprint density at radius 1 is 1.13 bits per heavy atom. The van der Waals surface area contributed by atoms with E-state index in [2.05, 4.69) is 5.32 Å². The summed E-state index contributed by atoms with van der Waals surface area (Å²) in [6.07, 6.45) is -2.47. The van der Waals surface area contributed by atoms with E-state index >= 15 is 0 Å². The molecule has 3 N–H and O–H groups in total. The van der Waals surface area contributed by atoms with Crippen molar-refractivity contribution in [2.75, 3.05) is 13.2 Å². The van der Waals surface area contributed by atoms with Gasteiger partial charge in [-0.3, -0.25) is 4.79 Å². The van der Waals surface area contributed by atoms with Crippen LogP contribution >= 0.6 is 0 Å². The maximum atomic E-state index is 13.5. The summed E-state index contributed by atoms with van der Waals surface area (Å²) in [6, 6.07) is 12.8. The summed E-state index contributed by atoms with van der Waals surface area (Å²) in [4.78, 5) is 25.9. The van der Waals surface area contributed by atoms with Crippen molar-refractivity contribution < 1.29 is 28.9 Å². The van der Waals surface area contributed by atoms with E-state index in [1.807, 2.05) is 24.3 Å². The largest absolute Gasteiger partial charge is 0.465 e. The molecule has 1 saturated heterocycles. The molecule has 2 aliphatic rings. The van der Waals surface area contributed by atoms with E-state index in [0.717, 1.165) is 16.7 Å². The fourth-order valence-corrected chi connectivity index (χ4v) is 4.24. The first-order chi connectivity index (χ1) is 14.4. The predicted molar refractivity (Wildman–Crippen MR) is 105 cm³/mol. The van der Waals surface area contributed by atoms with E-state index in [1.165, 1.54) is 12.1 Å². The fourth-order valence-electron chi connectivity index (χ4n) is 4.24. The number of aliphatic hydroxyl groups is 1. The highest BCUT2D eigenvalue weighted by atomic mass is 19.1. The Balaban J connectivity index is 1.60. The molecule has 0 spiro atoms. The van der Waals surface area contributed by atoms with E-state index in [9.17, 15) is 19.1 Å². The monoisotopic (exact) mass is 414 g/mol. The summed E-state index contributed by atoms with van der Waals surface area (Å²) >= 11 is 0. The summed E-state index contributed by atoms with van der Waals surface area (Å²) in [5, 5.41) is 21.3. The molecule has 0 radical (unpaired) electrons.